The van der Waals surface area contributed by atoms with Crippen LogP contribution < -0.4 is 4.90 Å². The Kier molecular flexibility index (Phi) is 3.31. The van der Waals surface area contributed by atoms with E-state index in [1.807, 2.05) is 35.2 Å². The summed E-state index contributed by atoms with van der Waals surface area (Å²) in [4.78, 5) is 14.9. The van der Waals surface area contributed by atoms with Crippen LogP contribution in [0.15, 0.2) is 42.0 Å². The molecule has 2 aromatic carbocycles. The topological polar surface area (TPSA) is 20.3 Å². The molecule has 2 nitrogen and oxygen atoms in total. The molecular weight excluding hydrogens is 306 g/mol. The second-order valence-electron chi connectivity index (χ2n) is 6.54. The Bertz CT molecular complexity index is 853. The Morgan fingerprint density at radius 1 is 1.17 bits per heavy atom. The van der Waals surface area contributed by atoms with Crippen molar-refractivity contribution >= 4 is 29.3 Å². The monoisotopic (exact) mass is 323 g/mol. The van der Waals surface area contributed by atoms with Gasteiger partial charge in [0.05, 0.1) is 0 Å². The van der Waals surface area contributed by atoms with Crippen LogP contribution in [-0.4, -0.2) is 11.9 Å². The average molecular weight is 324 g/mol. The standard InChI is InChI=1S/C20H18ClNO/c1-12-6-13(2)18-11-17-10-15(20(23)22(17)19(18)7-12)8-14-4-3-5-16(21)9-14/h3-9,17H,10-11H2,1-2H3/b15-8+. The molecule has 1 atom stereocenters. The number of amides is 1. The zero-order valence-electron chi connectivity index (χ0n) is 13.3. The van der Waals surface area contributed by atoms with Crippen molar-refractivity contribution in [2.24, 2.45) is 0 Å². The number of carbonyl (C=O) groups excluding carboxylic acids is 1. The van der Waals surface area contributed by atoms with Crippen LogP contribution in [0.3, 0.4) is 0 Å². The van der Waals surface area contributed by atoms with Crippen molar-refractivity contribution < 1.29 is 4.79 Å². The van der Waals surface area contributed by atoms with Crippen LogP contribution in [0.5, 0.6) is 0 Å². The van der Waals surface area contributed by atoms with Crippen LogP contribution in [-0.2, 0) is 11.2 Å². The van der Waals surface area contributed by atoms with E-state index in [1.165, 1.54) is 16.7 Å². The lowest BCUT2D eigenvalue weighted by Gasteiger charge is -2.16. The van der Waals surface area contributed by atoms with E-state index in [-0.39, 0.29) is 11.9 Å². The fourth-order valence-corrected chi connectivity index (χ4v) is 4.03. The van der Waals surface area contributed by atoms with Gasteiger partial charge in [0, 0.05) is 22.3 Å². The van der Waals surface area contributed by atoms with Crippen molar-refractivity contribution in [3.8, 4) is 0 Å². The molecule has 1 amide bonds. The van der Waals surface area contributed by atoms with Crippen LogP contribution in [0.4, 0.5) is 5.69 Å². The predicted octanol–water partition coefficient (Wildman–Crippen LogP) is 4.70. The maximum absolute atomic E-state index is 12.9. The number of hydrogen-bond acceptors (Lipinski definition) is 1. The quantitative estimate of drug-likeness (QED) is 0.696. The fourth-order valence-electron chi connectivity index (χ4n) is 3.83. The minimum Gasteiger partial charge on any atom is -0.305 e. The predicted molar refractivity (Wildman–Crippen MR) is 94.9 cm³/mol. The molecule has 0 aromatic heterocycles. The Hall–Kier alpha value is -2.06. The first-order valence-electron chi connectivity index (χ1n) is 7.93. The van der Waals surface area contributed by atoms with Crippen molar-refractivity contribution in [2.75, 3.05) is 4.90 Å². The Labute approximate surface area is 141 Å². The summed E-state index contributed by atoms with van der Waals surface area (Å²) < 4.78 is 0. The van der Waals surface area contributed by atoms with Crippen LogP contribution in [0.2, 0.25) is 5.02 Å². The van der Waals surface area contributed by atoms with Gasteiger partial charge in [-0.05, 0) is 73.2 Å². The largest absolute Gasteiger partial charge is 0.305 e. The van der Waals surface area contributed by atoms with E-state index >= 15 is 0 Å². The molecular formula is C20H18ClNO. The van der Waals surface area contributed by atoms with Gasteiger partial charge in [-0.15, -0.1) is 0 Å². The van der Waals surface area contributed by atoms with Gasteiger partial charge < -0.3 is 4.90 Å². The first-order valence-corrected chi connectivity index (χ1v) is 8.30. The highest BCUT2D eigenvalue weighted by atomic mass is 35.5. The molecule has 2 aromatic rings. The van der Waals surface area contributed by atoms with E-state index in [0.29, 0.717) is 5.02 Å². The molecule has 2 heterocycles. The number of rotatable bonds is 1. The van der Waals surface area contributed by atoms with E-state index in [0.717, 1.165) is 29.7 Å². The van der Waals surface area contributed by atoms with Crippen molar-refractivity contribution in [2.45, 2.75) is 32.7 Å². The lowest BCUT2D eigenvalue weighted by molar-refractivity contribution is -0.114. The molecule has 2 aliphatic heterocycles. The van der Waals surface area contributed by atoms with E-state index < -0.39 is 0 Å². The fraction of sp³-hybridized carbons (Fsp3) is 0.250. The molecule has 0 aliphatic carbocycles. The van der Waals surface area contributed by atoms with Gasteiger partial charge in [0.2, 0.25) is 0 Å². The number of anilines is 1. The van der Waals surface area contributed by atoms with Gasteiger partial charge in [0.15, 0.2) is 0 Å². The summed E-state index contributed by atoms with van der Waals surface area (Å²) in [6.45, 7) is 4.23. The third-order valence-electron chi connectivity index (χ3n) is 4.80. The van der Waals surface area contributed by atoms with Gasteiger partial charge in [-0.2, -0.15) is 0 Å². The summed E-state index contributed by atoms with van der Waals surface area (Å²) in [5.74, 6) is 0.138. The second kappa shape index (κ2) is 5.24. The number of nitrogens with zero attached hydrogens (tertiary/aromatic N) is 1. The van der Waals surface area contributed by atoms with E-state index in [4.69, 9.17) is 11.6 Å². The summed E-state index contributed by atoms with van der Waals surface area (Å²) in [6.07, 6.45) is 3.74. The smallest absolute Gasteiger partial charge is 0.254 e. The van der Waals surface area contributed by atoms with Crippen LogP contribution in [0.25, 0.3) is 6.08 Å². The Morgan fingerprint density at radius 3 is 2.78 bits per heavy atom. The summed E-state index contributed by atoms with van der Waals surface area (Å²) in [5, 5.41) is 0.696. The van der Waals surface area contributed by atoms with E-state index in [9.17, 15) is 4.79 Å². The highest BCUT2D eigenvalue weighted by Gasteiger charge is 2.42. The maximum atomic E-state index is 12.9. The van der Waals surface area contributed by atoms with Crippen LogP contribution in [0, 0.1) is 13.8 Å². The minimum absolute atomic E-state index is 0.138. The molecule has 0 saturated carbocycles. The summed E-state index contributed by atoms with van der Waals surface area (Å²) in [6, 6.07) is 12.3. The molecule has 1 unspecified atom stereocenters. The molecule has 1 fully saturated rings. The molecule has 23 heavy (non-hydrogen) atoms. The molecule has 0 N–H and O–H groups in total. The Balaban J connectivity index is 1.72. The SMILES string of the molecule is Cc1cc(C)c2c(c1)N1C(=O)/C(=C/c3cccc(Cl)c3)CC1C2. The van der Waals surface area contributed by atoms with Gasteiger partial charge in [-0.3, -0.25) is 4.79 Å². The number of halogens is 1. The minimum atomic E-state index is 0.138. The molecule has 1 saturated heterocycles. The third-order valence-corrected chi connectivity index (χ3v) is 5.03. The molecule has 116 valence electrons. The van der Waals surface area contributed by atoms with Crippen molar-refractivity contribution in [3.05, 3.63) is 69.2 Å². The van der Waals surface area contributed by atoms with Gasteiger partial charge >= 0.3 is 0 Å². The van der Waals surface area contributed by atoms with Gasteiger partial charge in [-0.1, -0.05) is 29.8 Å². The van der Waals surface area contributed by atoms with Gasteiger partial charge in [0.1, 0.15) is 0 Å². The number of fused-ring (bicyclic) bond motifs is 3. The van der Waals surface area contributed by atoms with Gasteiger partial charge in [0.25, 0.3) is 5.91 Å². The second-order valence-corrected chi connectivity index (χ2v) is 6.98. The first-order chi connectivity index (χ1) is 11.0. The average Bonchev–Trinajstić information content (AvgIpc) is 2.98. The first kappa shape index (κ1) is 14.5. The van der Waals surface area contributed by atoms with Crippen LogP contribution in [0.1, 0.15) is 28.7 Å². The molecule has 0 radical (unpaired) electrons. The molecule has 2 aliphatic rings. The number of aryl methyl sites for hydroxylation is 2. The third kappa shape index (κ3) is 2.38. The zero-order chi connectivity index (χ0) is 16.1. The van der Waals surface area contributed by atoms with E-state index in [2.05, 4.69) is 26.0 Å². The van der Waals surface area contributed by atoms with Crippen molar-refractivity contribution in [1.82, 2.24) is 0 Å². The van der Waals surface area contributed by atoms with Crippen molar-refractivity contribution in [1.29, 1.82) is 0 Å². The Morgan fingerprint density at radius 2 is 2.00 bits per heavy atom. The number of carbonyl (C=O) groups is 1. The van der Waals surface area contributed by atoms with E-state index in [1.54, 1.807) is 0 Å². The number of benzene rings is 2. The summed E-state index contributed by atoms with van der Waals surface area (Å²) in [5.41, 5.74) is 6.80. The lowest BCUT2D eigenvalue weighted by Crippen LogP contribution is -2.29. The molecule has 3 heteroatoms. The summed E-state index contributed by atoms with van der Waals surface area (Å²) in [7, 11) is 0. The molecule has 0 bridgehead atoms. The zero-order valence-corrected chi connectivity index (χ0v) is 14.0. The van der Waals surface area contributed by atoms with Crippen LogP contribution >= 0.6 is 11.6 Å². The lowest BCUT2D eigenvalue weighted by atomic mass is 9.98. The molecule has 0 spiro atoms. The highest BCUT2D eigenvalue weighted by Crippen LogP contribution is 2.42. The normalized spacial score (nSPS) is 21.0. The highest BCUT2D eigenvalue weighted by molar-refractivity contribution is 6.30. The number of hydrogen-bond donors (Lipinski definition) is 0. The maximum Gasteiger partial charge on any atom is 0.254 e. The molecule has 4 rings (SSSR count). The van der Waals surface area contributed by atoms with Gasteiger partial charge in [-0.25, -0.2) is 0 Å². The summed E-state index contributed by atoms with van der Waals surface area (Å²) >= 11 is 6.04. The van der Waals surface area contributed by atoms with Crippen molar-refractivity contribution in [3.63, 3.8) is 0 Å².